The molecule has 0 bridgehead atoms. The molecule has 1 aromatic rings. The van der Waals surface area contributed by atoms with Crippen molar-refractivity contribution in [3.8, 4) is 0 Å². The molecule has 0 saturated heterocycles. The van der Waals surface area contributed by atoms with E-state index in [1.165, 1.54) is 5.56 Å². The molecule has 0 radical (unpaired) electrons. The molecule has 0 aliphatic heterocycles. The molecule has 24 heavy (non-hydrogen) atoms. The zero-order valence-electron chi connectivity index (χ0n) is 14.9. The lowest BCUT2D eigenvalue weighted by Gasteiger charge is -2.27. The van der Waals surface area contributed by atoms with E-state index in [9.17, 15) is 9.59 Å². The molecule has 0 unspecified atom stereocenters. The van der Waals surface area contributed by atoms with Gasteiger partial charge in [-0.05, 0) is 56.7 Å². The number of nitrogens with one attached hydrogen (secondary N) is 2. The third-order valence-electron chi connectivity index (χ3n) is 4.94. The summed E-state index contributed by atoms with van der Waals surface area (Å²) >= 11 is 0. The predicted octanol–water partition coefficient (Wildman–Crippen LogP) is 2.81. The number of hydrogen-bond donors (Lipinski definition) is 2. The second-order valence-corrected chi connectivity index (χ2v) is 6.57. The fraction of sp³-hybridized carbons (Fsp3) is 0.579. The average Bonchev–Trinajstić information content (AvgIpc) is 2.59. The van der Waals surface area contributed by atoms with Gasteiger partial charge in [-0.3, -0.25) is 9.59 Å². The van der Waals surface area contributed by atoms with Crippen LogP contribution < -0.4 is 10.6 Å². The first-order valence-corrected chi connectivity index (χ1v) is 8.66. The second kappa shape index (κ2) is 8.83. The van der Waals surface area contributed by atoms with Crippen molar-refractivity contribution in [1.29, 1.82) is 0 Å². The molecule has 1 saturated carbocycles. The van der Waals surface area contributed by atoms with Gasteiger partial charge in [0, 0.05) is 31.2 Å². The van der Waals surface area contributed by atoms with Gasteiger partial charge in [0.1, 0.15) is 0 Å². The molecule has 1 aromatic carbocycles. The summed E-state index contributed by atoms with van der Waals surface area (Å²) in [6.07, 6.45) is 3.06. The number of benzene rings is 1. The Balaban J connectivity index is 1.82. The highest BCUT2D eigenvalue weighted by atomic mass is 16.5. The van der Waals surface area contributed by atoms with Crippen molar-refractivity contribution in [2.24, 2.45) is 11.8 Å². The largest absolute Gasteiger partial charge is 0.383 e. The third-order valence-corrected chi connectivity index (χ3v) is 4.94. The molecule has 5 heteroatoms. The van der Waals surface area contributed by atoms with Crippen LogP contribution in [-0.2, 0) is 14.3 Å². The molecule has 132 valence electrons. The standard InChI is InChI=1S/C19H28N2O3/c1-13-5-4-6-17(14(13)2)21-19(23)16-9-7-15(8-10-16)18(22)20-11-12-24-3/h4-6,15-16H,7-12H2,1-3H3,(H,20,22)(H,21,23). The monoisotopic (exact) mass is 332 g/mol. The summed E-state index contributed by atoms with van der Waals surface area (Å²) in [7, 11) is 1.62. The average molecular weight is 332 g/mol. The zero-order chi connectivity index (χ0) is 17.5. The quantitative estimate of drug-likeness (QED) is 0.787. The number of methoxy groups -OCH3 is 1. The number of aryl methyl sites for hydroxylation is 1. The van der Waals surface area contributed by atoms with Gasteiger partial charge in [-0.1, -0.05) is 12.1 Å². The summed E-state index contributed by atoms with van der Waals surface area (Å²) < 4.78 is 4.94. The fourth-order valence-electron chi connectivity index (χ4n) is 3.16. The normalized spacial score (nSPS) is 20.5. The molecule has 2 rings (SSSR count). The molecule has 1 aliphatic carbocycles. The number of ether oxygens (including phenoxy) is 1. The van der Waals surface area contributed by atoms with Crippen LogP contribution in [0.2, 0.25) is 0 Å². The summed E-state index contributed by atoms with van der Waals surface area (Å²) in [5, 5.41) is 5.94. The van der Waals surface area contributed by atoms with Crippen molar-refractivity contribution in [2.45, 2.75) is 39.5 Å². The van der Waals surface area contributed by atoms with Gasteiger partial charge in [-0.2, -0.15) is 0 Å². The van der Waals surface area contributed by atoms with E-state index in [0.717, 1.165) is 36.9 Å². The van der Waals surface area contributed by atoms with E-state index in [2.05, 4.69) is 10.6 Å². The highest BCUT2D eigenvalue weighted by molar-refractivity contribution is 5.93. The Labute approximate surface area is 144 Å². The maximum absolute atomic E-state index is 12.5. The van der Waals surface area contributed by atoms with Gasteiger partial charge in [-0.15, -0.1) is 0 Å². The van der Waals surface area contributed by atoms with Crippen LogP contribution in [0.4, 0.5) is 5.69 Å². The lowest BCUT2D eigenvalue weighted by Crippen LogP contribution is -2.36. The summed E-state index contributed by atoms with van der Waals surface area (Å²) in [5.74, 6) is 0.168. The van der Waals surface area contributed by atoms with E-state index in [1.54, 1.807) is 7.11 Å². The van der Waals surface area contributed by atoms with Gasteiger partial charge in [0.25, 0.3) is 0 Å². The summed E-state index contributed by atoms with van der Waals surface area (Å²) in [4.78, 5) is 24.5. The summed E-state index contributed by atoms with van der Waals surface area (Å²) in [5.41, 5.74) is 3.17. The van der Waals surface area contributed by atoms with Gasteiger partial charge in [0.15, 0.2) is 0 Å². The van der Waals surface area contributed by atoms with Crippen molar-refractivity contribution in [3.05, 3.63) is 29.3 Å². The molecule has 2 N–H and O–H groups in total. The fourth-order valence-corrected chi connectivity index (χ4v) is 3.16. The maximum Gasteiger partial charge on any atom is 0.227 e. The molecular weight excluding hydrogens is 304 g/mol. The van der Waals surface area contributed by atoms with Gasteiger partial charge >= 0.3 is 0 Å². The number of amides is 2. The predicted molar refractivity (Wildman–Crippen MR) is 94.9 cm³/mol. The third kappa shape index (κ3) is 4.81. The molecule has 0 spiro atoms. The Kier molecular flexibility index (Phi) is 6.79. The van der Waals surface area contributed by atoms with Crippen LogP contribution in [0.15, 0.2) is 18.2 Å². The molecule has 1 fully saturated rings. The van der Waals surface area contributed by atoms with E-state index < -0.39 is 0 Å². The Morgan fingerprint density at radius 1 is 1.08 bits per heavy atom. The lowest BCUT2D eigenvalue weighted by atomic mass is 9.81. The van der Waals surface area contributed by atoms with Crippen molar-refractivity contribution >= 4 is 17.5 Å². The Bertz CT molecular complexity index is 578. The topological polar surface area (TPSA) is 67.4 Å². The van der Waals surface area contributed by atoms with Crippen LogP contribution in [-0.4, -0.2) is 32.1 Å². The maximum atomic E-state index is 12.5. The summed E-state index contributed by atoms with van der Waals surface area (Å²) in [6.45, 7) is 5.13. The van der Waals surface area contributed by atoms with Crippen LogP contribution >= 0.6 is 0 Å². The first-order chi connectivity index (χ1) is 11.5. The number of anilines is 1. The van der Waals surface area contributed by atoms with Crippen molar-refractivity contribution in [2.75, 3.05) is 25.6 Å². The zero-order valence-corrected chi connectivity index (χ0v) is 14.9. The van der Waals surface area contributed by atoms with Gasteiger partial charge in [0.05, 0.1) is 6.61 Å². The molecule has 1 aliphatic rings. The lowest BCUT2D eigenvalue weighted by molar-refractivity contribution is -0.128. The van der Waals surface area contributed by atoms with E-state index in [4.69, 9.17) is 4.74 Å². The highest BCUT2D eigenvalue weighted by Crippen LogP contribution is 2.30. The smallest absolute Gasteiger partial charge is 0.227 e. The Morgan fingerprint density at radius 3 is 2.33 bits per heavy atom. The van der Waals surface area contributed by atoms with Crippen LogP contribution in [0.25, 0.3) is 0 Å². The van der Waals surface area contributed by atoms with Crippen molar-refractivity contribution < 1.29 is 14.3 Å². The van der Waals surface area contributed by atoms with Gasteiger partial charge < -0.3 is 15.4 Å². The van der Waals surface area contributed by atoms with Crippen LogP contribution in [0, 0.1) is 25.7 Å². The first-order valence-electron chi connectivity index (χ1n) is 8.66. The second-order valence-electron chi connectivity index (χ2n) is 6.57. The van der Waals surface area contributed by atoms with Crippen molar-refractivity contribution in [1.82, 2.24) is 5.32 Å². The van der Waals surface area contributed by atoms with Crippen LogP contribution in [0.1, 0.15) is 36.8 Å². The number of hydrogen-bond acceptors (Lipinski definition) is 3. The first kappa shape index (κ1) is 18.5. The number of rotatable bonds is 6. The minimum absolute atomic E-state index is 0.00654. The van der Waals surface area contributed by atoms with Crippen molar-refractivity contribution in [3.63, 3.8) is 0 Å². The molecule has 0 aromatic heterocycles. The minimum Gasteiger partial charge on any atom is -0.383 e. The van der Waals surface area contributed by atoms with E-state index in [1.807, 2.05) is 32.0 Å². The van der Waals surface area contributed by atoms with E-state index in [0.29, 0.717) is 13.2 Å². The highest BCUT2D eigenvalue weighted by Gasteiger charge is 2.29. The molecule has 0 heterocycles. The van der Waals surface area contributed by atoms with Gasteiger partial charge in [-0.25, -0.2) is 0 Å². The van der Waals surface area contributed by atoms with Crippen LogP contribution in [0.3, 0.4) is 0 Å². The molecule has 2 amide bonds. The number of carbonyl (C=O) groups is 2. The summed E-state index contributed by atoms with van der Waals surface area (Å²) in [6, 6.07) is 5.94. The Hall–Kier alpha value is -1.88. The number of carbonyl (C=O) groups excluding carboxylic acids is 2. The van der Waals surface area contributed by atoms with Gasteiger partial charge in [0.2, 0.25) is 11.8 Å². The Morgan fingerprint density at radius 2 is 1.71 bits per heavy atom. The van der Waals surface area contributed by atoms with Crippen LogP contribution in [0.5, 0.6) is 0 Å². The molecule has 5 nitrogen and oxygen atoms in total. The molecule has 0 atom stereocenters. The minimum atomic E-state index is -0.00654. The molecular formula is C19H28N2O3. The van der Waals surface area contributed by atoms with E-state index >= 15 is 0 Å². The van der Waals surface area contributed by atoms with E-state index in [-0.39, 0.29) is 23.7 Å². The SMILES string of the molecule is COCCNC(=O)C1CCC(C(=O)Nc2cccc(C)c2C)CC1.